The molecule has 0 aliphatic carbocycles. The number of nitrogens with two attached hydrogens (primary N) is 1. The summed E-state index contributed by atoms with van der Waals surface area (Å²) < 4.78 is 7.68. The maximum absolute atomic E-state index is 10.7. The summed E-state index contributed by atoms with van der Waals surface area (Å²) in [7, 11) is 0. The fraction of sp³-hybridized carbons (Fsp3) is 0. The molecule has 0 atom stereocenters. The van der Waals surface area contributed by atoms with Gasteiger partial charge in [0.2, 0.25) is 0 Å². The van der Waals surface area contributed by atoms with E-state index in [4.69, 9.17) is 5.73 Å². The molecule has 0 saturated carbocycles. The molecule has 2 N–H and O–H groups in total. The molecule has 1 aromatic carbocycles. The van der Waals surface area contributed by atoms with Gasteiger partial charge in [-0.25, -0.2) is 0 Å². The van der Waals surface area contributed by atoms with E-state index < -0.39 is 36.2 Å². The van der Waals surface area contributed by atoms with Gasteiger partial charge in [-0.3, -0.25) is 0 Å². The third-order valence-corrected chi connectivity index (χ3v) is 3.04. The molecule has 0 radical (unpaired) electrons. The quantitative estimate of drug-likeness (QED) is 0.357. The maximum atomic E-state index is 10.7. The summed E-state index contributed by atoms with van der Waals surface area (Å²) in [5, 5.41) is 21.3. The molecule has 1 heterocycles. The van der Waals surface area contributed by atoms with Gasteiger partial charge in [0, 0.05) is 0 Å². The Morgan fingerprint density at radius 2 is 1.69 bits per heavy atom. The molecule has 0 aliphatic heterocycles. The molecule has 1 aromatic heterocycles. The minimum atomic E-state index is -0.774. The predicted octanol–water partition coefficient (Wildman–Crippen LogP) is 0.0854. The number of fused-ring (bicyclic) bond motifs is 1. The van der Waals surface area contributed by atoms with Crippen LogP contribution in [0.3, 0.4) is 0 Å². The summed E-state index contributed by atoms with van der Waals surface area (Å²) >= 11 is -0.531. The molecular formula is C6H3N5O4Se. The zero-order valence-electron chi connectivity index (χ0n) is 7.48. The van der Waals surface area contributed by atoms with Crippen LogP contribution in [0.1, 0.15) is 0 Å². The molecule has 9 nitrogen and oxygen atoms in total. The Labute approximate surface area is 93.4 Å². The van der Waals surface area contributed by atoms with Gasteiger partial charge in [0.05, 0.1) is 0 Å². The van der Waals surface area contributed by atoms with Crippen LogP contribution in [0, 0.1) is 20.2 Å². The van der Waals surface area contributed by atoms with Crippen LogP contribution in [0.25, 0.3) is 11.0 Å². The number of non-ortho nitro benzene ring substituents is 1. The summed E-state index contributed by atoms with van der Waals surface area (Å²) in [5.74, 6) is 0. The van der Waals surface area contributed by atoms with Gasteiger partial charge >= 0.3 is 92.9 Å². The van der Waals surface area contributed by atoms with E-state index in [1.165, 1.54) is 0 Å². The molecule has 0 unspecified atom stereocenters. The van der Waals surface area contributed by atoms with E-state index in [1.807, 2.05) is 0 Å². The molecule has 0 saturated heterocycles. The fourth-order valence-corrected chi connectivity index (χ4v) is 2.41. The van der Waals surface area contributed by atoms with E-state index in [9.17, 15) is 20.2 Å². The SMILES string of the molecule is Nc1c([N+](=O)[O-])cc([N+](=O)[O-])c2n[se]nc12. The third kappa shape index (κ3) is 1.40. The number of nitro groups is 2. The Hall–Kier alpha value is -2.06. The van der Waals surface area contributed by atoms with Crippen molar-refractivity contribution >= 4 is 43.1 Å². The van der Waals surface area contributed by atoms with Gasteiger partial charge in [-0.2, -0.15) is 0 Å². The first kappa shape index (κ1) is 10.5. The average Bonchev–Trinajstić information content (AvgIpc) is 2.66. The van der Waals surface area contributed by atoms with E-state index in [0.717, 1.165) is 6.07 Å². The van der Waals surface area contributed by atoms with E-state index in [1.54, 1.807) is 0 Å². The minimum absolute atomic E-state index is 0.0353. The van der Waals surface area contributed by atoms with Crippen molar-refractivity contribution in [2.24, 2.45) is 0 Å². The summed E-state index contributed by atoms with van der Waals surface area (Å²) in [5.41, 5.74) is 4.47. The Kier molecular flexibility index (Phi) is 2.29. The van der Waals surface area contributed by atoms with Gasteiger partial charge in [0.25, 0.3) is 0 Å². The topological polar surface area (TPSA) is 138 Å². The molecule has 0 spiro atoms. The van der Waals surface area contributed by atoms with Crippen molar-refractivity contribution in [3.8, 4) is 0 Å². The first-order valence-electron chi connectivity index (χ1n) is 3.86. The van der Waals surface area contributed by atoms with Gasteiger partial charge in [0.15, 0.2) is 0 Å². The van der Waals surface area contributed by atoms with Crippen molar-refractivity contribution in [3.05, 3.63) is 26.3 Å². The number of anilines is 1. The standard InChI is InChI=1S/C6H3N5O4Se/c7-4-2(10(12)13)1-3(11(14)15)5-6(4)9-16-8-5/h1H,7H2. The monoisotopic (exact) mass is 289 g/mol. The number of benzene rings is 1. The second-order valence-corrected chi connectivity index (χ2v) is 3.91. The number of nitrogen functional groups attached to an aromatic ring is 1. The predicted molar refractivity (Wildman–Crippen MR) is 54.2 cm³/mol. The van der Waals surface area contributed by atoms with Gasteiger partial charge in [-0.15, -0.1) is 0 Å². The summed E-state index contributed by atoms with van der Waals surface area (Å²) in [6, 6.07) is 0.814. The van der Waals surface area contributed by atoms with Crippen LogP contribution in [0.2, 0.25) is 0 Å². The molecule has 2 aromatic rings. The number of nitro benzene ring substituents is 2. The van der Waals surface area contributed by atoms with Crippen LogP contribution < -0.4 is 5.73 Å². The second kappa shape index (κ2) is 3.51. The third-order valence-electron chi connectivity index (χ3n) is 1.93. The Bertz CT molecular complexity index is 608. The zero-order valence-corrected chi connectivity index (χ0v) is 9.20. The van der Waals surface area contributed by atoms with Crippen LogP contribution in [0.5, 0.6) is 0 Å². The van der Waals surface area contributed by atoms with E-state index in [0.29, 0.717) is 0 Å². The molecule has 82 valence electrons. The van der Waals surface area contributed by atoms with Gasteiger partial charge in [0.1, 0.15) is 0 Å². The average molecular weight is 288 g/mol. The van der Waals surface area contributed by atoms with Crippen molar-refractivity contribution in [3.63, 3.8) is 0 Å². The van der Waals surface area contributed by atoms with Crippen LogP contribution in [-0.4, -0.2) is 32.8 Å². The second-order valence-electron chi connectivity index (χ2n) is 2.80. The van der Waals surface area contributed by atoms with Crippen LogP contribution >= 0.6 is 0 Å². The number of hydrogen-bond donors (Lipinski definition) is 1. The van der Waals surface area contributed by atoms with Crippen molar-refractivity contribution in [1.82, 2.24) is 7.96 Å². The Morgan fingerprint density at radius 1 is 1.12 bits per heavy atom. The molecule has 0 amide bonds. The van der Waals surface area contributed by atoms with Crippen molar-refractivity contribution in [2.75, 3.05) is 5.73 Å². The van der Waals surface area contributed by atoms with Gasteiger partial charge < -0.3 is 0 Å². The van der Waals surface area contributed by atoms with E-state index >= 15 is 0 Å². The Balaban J connectivity index is 2.90. The zero-order chi connectivity index (χ0) is 11.9. The fourth-order valence-electron chi connectivity index (χ4n) is 1.22. The summed E-state index contributed by atoms with van der Waals surface area (Å²) in [6.07, 6.45) is 0. The summed E-state index contributed by atoms with van der Waals surface area (Å²) in [4.78, 5) is 19.8. The molecular weight excluding hydrogens is 285 g/mol. The van der Waals surface area contributed by atoms with E-state index in [2.05, 4.69) is 7.96 Å². The first-order chi connectivity index (χ1) is 7.52. The molecule has 16 heavy (non-hydrogen) atoms. The molecule has 10 heteroatoms. The summed E-state index contributed by atoms with van der Waals surface area (Å²) in [6.45, 7) is 0. The molecule has 0 bridgehead atoms. The normalized spacial score (nSPS) is 10.5. The van der Waals surface area contributed by atoms with Crippen molar-refractivity contribution in [2.45, 2.75) is 0 Å². The number of rotatable bonds is 2. The number of nitrogens with zero attached hydrogens (tertiary/aromatic N) is 4. The van der Waals surface area contributed by atoms with E-state index in [-0.39, 0.29) is 16.7 Å². The number of hydrogen-bond acceptors (Lipinski definition) is 7. The Morgan fingerprint density at radius 3 is 2.25 bits per heavy atom. The van der Waals surface area contributed by atoms with Gasteiger partial charge in [-0.1, -0.05) is 0 Å². The number of aromatic nitrogens is 2. The molecule has 0 aliphatic rings. The van der Waals surface area contributed by atoms with Gasteiger partial charge in [-0.05, 0) is 0 Å². The van der Waals surface area contributed by atoms with Crippen molar-refractivity contribution < 1.29 is 9.85 Å². The first-order valence-corrected chi connectivity index (χ1v) is 5.39. The van der Waals surface area contributed by atoms with Crippen LogP contribution in [0.15, 0.2) is 6.07 Å². The molecule has 2 rings (SSSR count). The molecule has 0 fully saturated rings. The van der Waals surface area contributed by atoms with Crippen molar-refractivity contribution in [1.29, 1.82) is 0 Å². The van der Waals surface area contributed by atoms with Crippen LogP contribution in [0.4, 0.5) is 17.1 Å². The van der Waals surface area contributed by atoms with Crippen LogP contribution in [-0.2, 0) is 0 Å².